The van der Waals surface area contributed by atoms with Gasteiger partial charge in [0.2, 0.25) is 0 Å². The zero-order valence-electron chi connectivity index (χ0n) is 34.3. The second-order valence-corrected chi connectivity index (χ2v) is 17.1. The Morgan fingerprint density at radius 1 is 0.642 bits per heavy atom. The van der Waals surface area contributed by atoms with Gasteiger partial charge in [-0.3, -0.25) is 14.1 Å². The highest BCUT2D eigenvalue weighted by atomic mass is 31.2. The monoisotopic (exact) mass is 773 g/mol. The molecule has 0 saturated carbocycles. The molecule has 0 radical (unpaired) electrons. The van der Waals surface area contributed by atoms with Crippen LogP contribution in [-0.4, -0.2) is 53.3 Å². The third kappa shape index (κ3) is 34.9. The lowest BCUT2D eigenvalue weighted by molar-refractivity contribution is -0.161. The molecule has 3 atom stereocenters. The van der Waals surface area contributed by atoms with Crippen LogP contribution in [0.2, 0.25) is 0 Å². The molecule has 0 amide bonds. The molecule has 1 saturated heterocycles. The number of rotatable bonds is 39. The number of allylic oxidation sites excluding steroid dienone is 1. The SMILES string of the molecule is CCCCC/C=C\CC1OC1CCCCCCCC(=O)OC[C@H](COP(=O)(O)O)OC(=O)CCCCCCCCCCCCCCCCCCC(C)C. The van der Waals surface area contributed by atoms with Crippen molar-refractivity contribution in [3.05, 3.63) is 12.2 Å². The lowest BCUT2D eigenvalue weighted by Crippen LogP contribution is -2.29. The van der Waals surface area contributed by atoms with E-state index in [9.17, 15) is 14.2 Å². The van der Waals surface area contributed by atoms with Crippen molar-refractivity contribution in [3.63, 3.8) is 0 Å². The second kappa shape index (κ2) is 34.0. The van der Waals surface area contributed by atoms with Gasteiger partial charge in [0.05, 0.1) is 18.8 Å². The lowest BCUT2D eigenvalue weighted by Gasteiger charge is -2.18. The van der Waals surface area contributed by atoms with E-state index in [2.05, 4.69) is 37.4 Å². The predicted molar refractivity (Wildman–Crippen MR) is 216 cm³/mol. The molecule has 0 aliphatic carbocycles. The quantitative estimate of drug-likeness (QED) is 0.0206. The minimum atomic E-state index is -4.76. The van der Waals surface area contributed by atoms with Crippen LogP contribution in [0.1, 0.15) is 213 Å². The summed E-state index contributed by atoms with van der Waals surface area (Å²) in [5.41, 5.74) is 0. The van der Waals surface area contributed by atoms with Crippen LogP contribution in [0.4, 0.5) is 0 Å². The first kappa shape index (κ1) is 49.8. The van der Waals surface area contributed by atoms with Crippen molar-refractivity contribution < 1.29 is 42.7 Å². The molecule has 0 spiro atoms. The average molecular weight is 773 g/mol. The van der Waals surface area contributed by atoms with Gasteiger partial charge < -0.3 is 24.0 Å². The van der Waals surface area contributed by atoms with Gasteiger partial charge in [-0.15, -0.1) is 0 Å². The van der Waals surface area contributed by atoms with Crippen molar-refractivity contribution in [2.75, 3.05) is 13.2 Å². The zero-order valence-corrected chi connectivity index (χ0v) is 35.2. The number of epoxide rings is 1. The molecular weight excluding hydrogens is 691 g/mol. The molecule has 1 fully saturated rings. The Kier molecular flexibility index (Phi) is 32.0. The third-order valence-electron chi connectivity index (χ3n) is 10.1. The molecule has 53 heavy (non-hydrogen) atoms. The fraction of sp³-hybridized carbons (Fsp3) is 0.907. The maximum Gasteiger partial charge on any atom is 0.469 e. The molecule has 0 aromatic rings. The Morgan fingerprint density at radius 3 is 1.68 bits per heavy atom. The number of carbonyl (C=O) groups excluding carboxylic acids is 2. The van der Waals surface area contributed by atoms with Crippen LogP contribution in [0, 0.1) is 5.92 Å². The number of hydrogen-bond acceptors (Lipinski definition) is 7. The minimum absolute atomic E-state index is 0.210. The summed E-state index contributed by atoms with van der Waals surface area (Å²) in [6, 6.07) is 0. The Morgan fingerprint density at radius 2 is 1.15 bits per heavy atom. The number of hydrogen-bond donors (Lipinski definition) is 2. The van der Waals surface area contributed by atoms with Gasteiger partial charge in [0.1, 0.15) is 6.61 Å². The van der Waals surface area contributed by atoms with Crippen molar-refractivity contribution in [1.29, 1.82) is 0 Å². The molecule has 2 unspecified atom stereocenters. The van der Waals surface area contributed by atoms with Gasteiger partial charge in [0.25, 0.3) is 0 Å². The van der Waals surface area contributed by atoms with E-state index in [0.717, 1.165) is 70.1 Å². The van der Waals surface area contributed by atoms with E-state index in [-0.39, 0.29) is 19.4 Å². The first-order valence-corrected chi connectivity index (χ1v) is 23.5. The first-order chi connectivity index (χ1) is 25.6. The van der Waals surface area contributed by atoms with Crippen LogP contribution in [0.3, 0.4) is 0 Å². The highest BCUT2D eigenvalue weighted by Crippen LogP contribution is 2.36. The van der Waals surface area contributed by atoms with E-state index in [1.807, 2.05) is 0 Å². The summed E-state index contributed by atoms with van der Waals surface area (Å²) in [5.74, 6) is -0.0586. The van der Waals surface area contributed by atoms with Gasteiger partial charge in [-0.1, -0.05) is 174 Å². The normalized spacial score (nSPS) is 16.4. The van der Waals surface area contributed by atoms with E-state index in [4.69, 9.17) is 24.0 Å². The summed E-state index contributed by atoms with van der Waals surface area (Å²) in [5, 5.41) is 0. The van der Waals surface area contributed by atoms with Gasteiger partial charge in [-0.25, -0.2) is 4.57 Å². The van der Waals surface area contributed by atoms with Gasteiger partial charge in [0.15, 0.2) is 6.10 Å². The number of ether oxygens (including phenoxy) is 3. The number of phosphoric ester groups is 1. The number of esters is 2. The second-order valence-electron chi connectivity index (χ2n) is 15.9. The van der Waals surface area contributed by atoms with Gasteiger partial charge in [-0.05, 0) is 44.4 Å². The van der Waals surface area contributed by atoms with Crippen LogP contribution in [-0.2, 0) is 32.9 Å². The summed E-state index contributed by atoms with van der Waals surface area (Å²) >= 11 is 0. The summed E-state index contributed by atoms with van der Waals surface area (Å²) in [4.78, 5) is 42.9. The fourth-order valence-electron chi connectivity index (χ4n) is 6.74. The van der Waals surface area contributed by atoms with Crippen molar-refractivity contribution >= 4 is 19.8 Å². The van der Waals surface area contributed by atoms with E-state index in [0.29, 0.717) is 25.0 Å². The highest BCUT2D eigenvalue weighted by Gasteiger charge is 2.36. The van der Waals surface area contributed by atoms with E-state index >= 15 is 0 Å². The fourth-order valence-corrected chi connectivity index (χ4v) is 7.10. The maximum atomic E-state index is 12.4. The summed E-state index contributed by atoms with van der Waals surface area (Å²) in [7, 11) is -4.76. The Labute approximate surface area is 324 Å². The van der Waals surface area contributed by atoms with Crippen LogP contribution in [0.25, 0.3) is 0 Å². The molecule has 1 rings (SSSR count). The Hall–Kier alpha value is -1.25. The van der Waals surface area contributed by atoms with Gasteiger partial charge >= 0.3 is 19.8 Å². The first-order valence-electron chi connectivity index (χ1n) is 22.0. The third-order valence-corrected chi connectivity index (χ3v) is 10.6. The van der Waals surface area contributed by atoms with Crippen molar-refractivity contribution in [2.24, 2.45) is 5.92 Å². The molecule has 1 heterocycles. The van der Waals surface area contributed by atoms with Crippen molar-refractivity contribution in [2.45, 2.75) is 232 Å². The average Bonchev–Trinajstić information content (AvgIpc) is 3.87. The van der Waals surface area contributed by atoms with Crippen molar-refractivity contribution in [3.8, 4) is 0 Å². The smallest absolute Gasteiger partial charge is 0.462 e. The Bertz CT molecular complexity index is 950. The van der Waals surface area contributed by atoms with Crippen LogP contribution in [0.5, 0.6) is 0 Å². The van der Waals surface area contributed by atoms with E-state index in [1.54, 1.807) is 0 Å². The zero-order chi connectivity index (χ0) is 38.8. The molecule has 10 heteroatoms. The lowest BCUT2D eigenvalue weighted by atomic mass is 10.0. The minimum Gasteiger partial charge on any atom is -0.462 e. The molecule has 0 aromatic carbocycles. The Balaban J connectivity index is 2.03. The number of phosphoric acid groups is 1. The summed E-state index contributed by atoms with van der Waals surface area (Å²) < 4.78 is 32.2. The predicted octanol–water partition coefficient (Wildman–Crippen LogP) is 12.3. The standard InChI is InChI=1S/C43H81O9P/c1-4-5-6-7-22-27-32-40-41(52-40)33-28-23-20-25-29-34-42(44)49-36-39(37-50-53(46,47)48)51-43(45)35-30-24-19-17-15-13-11-9-8-10-12-14-16-18-21-26-31-38(2)3/h22,27,38-41H,4-21,23-26,28-37H2,1-3H3,(H2,46,47,48)/b27-22-/t39-,40?,41?/m1/s1. The summed E-state index contributed by atoms with van der Waals surface area (Å²) in [6.07, 6.45) is 38.1. The van der Waals surface area contributed by atoms with Crippen LogP contribution >= 0.6 is 7.82 Å². The van der Waals surface area contributed by atoms with E-state index in [1.165, 1.54) is 103 Å². The molecule has 9 nitrogen and oxygen atoms in total. The number of unbranched alkanes of at least 4 members (excludes halogenated alkanes) is 22. The summed E-state index contributed by atoms with van der Waals surface area (Å²) in [6.45, 7) is 6.01. The molecule has 0 bridgehead atoms. The van der Waals surface area contributed by atoms with Crippen LogP contribution in [0.15, 0.2) is 12.2 Å². The molecule has 0 aromatic heterocycles. The maximum absolute atomic E-state index is 12.4. The largest absolute Gasteiger partial charge is 0.469 e. The number of carbonyl (C=O) groups is 2. The molecule has 1 aliphatic rings. The van der Waals surface area contributed by atoms with Crippen LogP contribution < -0.4 is 0 Å². The molecular formula is C43H81O9P. The van der Waals surface area contributed by atoms with Gasteiger partial charge in [-0.2, -0.15) is 0 Å². The molecule has 312 valence electrons. The van der Waals surface area contributed by atoms with E-state index < -0.39 is 32.5 Å². The molecule has 2 N–H and O–H groups in total. The molecule has 1 aliphatic heterocycles. The van der Waals surface area contributed by atoms with Gasteiger partial charge in [0, 0.05) is 12.8 Å². The topological polar surface area (TPSA) is 132 Å². The van der Waals surface area contributed by atoms with Crippen molar-refractivity contribution in [1.82, 2.24) is 0 Å². The highest BCUT2D eigenvalue weighted by molar-refractivity contribution is 7.46.